The zero-order valence-electron chi connectivity index (χ0n) is 43.2. The molecule has 2 aliphatic carbocycles. The third kappa shape index (κ3) is 11.9. The maximum Gasteiger partial charge on any atom is 0.269 e. The van der Waals surface area contributed by atoms with Crippen molar-refractivity contribution < 1.29 is 42.8 Å². The van der Waals surface area contributed by atoms with Gasteiger partial charge in [0.15, 0.2) is 0 Å². The Balaban J connectivity index is 0.000000184. The Kier molecular flexibility index (Phi) is 18.6. The summed E-state index contributed by atoms with van der Waals surface area (Å²) in [5.74, 6) is 0. The van der Waals surface area contributed by atoms with Crippen molar-refractivity contribution >= 4 is 48.8 Å². The number of thiazole rings is 2. The van der Waals surface area contributed by atoms with Crippen LogP contribution in [0.5, 0.6) is 0 Å². The molecule has 6 aromatic carbocycles. The Morgan fingerprint density at radius 3 is 1.23 bits per heavy atom. The Hall–Kier alpha value is -5.82. The summed E-state index contributed by atoms with van der Waals surface area (Å²) in [4.78, 5) is 21.3. The zero-order chi connectivity index (χ0) is 52.0. The topological polar surface area (TPSA) is 143 Å². The molecule has 0 radical (unpaired) electrons. The lowest BCUT2D eigenvalue weighted by Gasteiger charge is -2.32. The number of benzene rings is 6. The molecule has 0 unspecified atom stereocenters. The fraction of sp³-hybridized carbons (Fsp3) is 0.367. The molecule has 0 saturated heterocycles. The second kappa shape index (κ2) is 25.8. The van der Waals surface area contributed by atoms with E-state index in [9.17, 15) is 10.1 Å². The molecular weight excluding hydrogens is 987 g/mol. The number of hydrogen-bond acceptors (Lipinski definition) is 14. The Labute approximate surface area is 446 Å². The molecule has 392 valence electrons. The molecule has 0 amide bonds. The maximum atomic E-state index is 11.8. The van der Waals surface area contributed by atoms with Crippen LogP contribution < -0.4 is 0 Å². The third-order valence-electron chi connectivity index (χ3n) is 14.3. The molecule has 0 fully saturated rings. The molecule has 10 rings (SSSR count). The minimum atomic E-state index is -0.524. The quantitative estimate of drug-likeness (QED) is 0.0275. The number of nitrogens with zero attached hydrogens (tertiary/aromatic N) is 3. The first kappa shape index (κ1) is 54.0. The van der Waals surface area contributed by atoms with Gasteiger partial charge >= 0.3 is 0 Å². The van der Waals surface area contributed by atoms with Gasteiger partial charge in [-0.25, -0.2) is 9.97 Å². The summed E-state index contributed by atoms with van der Waals surface area (Å²) in [6, 6.07) is 43.7. The summed E-state index contributed by atoms with van der Waals surface area (Å²) in [7, 11) is 6.70. The van der Waals surface area contributed by atoms with Crippen molar-refractivity contribution in [3.63, 3.8) is 0 Å². The van der Waals surface area contributed by atoms with Crippen molar-refractivity contribution in [2.75, 3.05) is 108 Å². The number of ether oxygens (including phenoxy) is 8. The number of fused-ring (bicyclic) bond motifs is 8. The molecule has 0 saturated carbocycles. The summed E-state index contributed by atoms with van der Waals surface area (Å²) in [5, 5.41) is 13.8. The van der Waals surface area contributed by atoms with Gasteiger partial charge in [0.2, 0.25) is 0 Å². The molecule has 2 aliphatic rings. The number of aromatic nitrogens is 2. The standard InChI is InChI=1S/C30H32N2O6S.C30H33NO4S/c1-35-15-17-37-13-11-30(12-14-38-18-16-36-2)25-19-21(29-31-27-5-3-4-6-28(27)39-29)7-9-23(25)24-10-8-22(32(33)34)20-26(24)30;1-32-17-19-34-15-13-30(14-16-35-20-18-33-2)25-8-4-3-7-23(25)24-12-11-22(21-26(24)30)29-31-27-9-5-6-10-28(27)36-29/h3-10,19-20H,11-18H2,1-2H3;3-12,21H,13-20H2,1-2H3. The molecule has 13 nitrogen and oxygen atoms in total. The molecule has 75 heavy (non-hydrogen) atoms. The van der Waals surface area contributed by atoms with Crippen molar-refractivity contribution in [3.05, 3.63) is 160 Å². The molecule has 0 aliphatic heterocycles. The van der Waals surface area contributed by atoms with Crippen molar-refractivity contribution in [2.45, 2.75) is 36.5 Å². The number of methoxy groups -OCH3 is 4. The van der Waals surface area contributed by atoms with Crippen molar-refractivity contribution in [1.29, 1.82) is 0 Å². The smallest absolute Gasteiger partial charge is 0.269 e. The van der Waals surface area contributed by atoms with Crippen LogP contribution in [-0.2, 0) is 48.7 Å². The van der Waals surface area contributed by atoms with Crippen LogP contribution in [0.15, 0.2) is 127 Å². The molecule has 0 N–H and O–H groups in total. The van der Waals surface area contributed by atoms with E-state index in [1.165, 1.54) is 27.0 Å². The van der Waals surface area contributed by atoms with E-state index < -0.39 is 5.41 Å². The SMILES string of the molecule is COCCOCCC1(CCOCCOC)c2cc(-c3nc4ccccc4s3)ccc2-c2ccc([N+](=O)[O-])cc21.COCCOCCC1(CCOCCOC)c2ccccc2-c2ccc(-c3nc4ccccc4s3)cc21. The predicted molar refractivity (Wildman–Crippen MR) is 298 cm³/mol. The van der Waals surface area contributed by atoms with Crippen molar-refractivity contribution in [3.8, 4) is 43.4 Å². The normalized spacial score (nSPS) is 13.6. The van der Waals surface area contributed by atoms with Crippen LogP contribution in [0.3, 0.4) is 0 Å². The monoisotopic (exact) mass is 1050 g/mol. The molecule has 15 heteroatoms. The average molecular weight is 1050 g/mol. The van der Waals surface area contributed by atoms with Gasteiger partial charge in [-0.3, -0.25) is 10.1 Å². The van der Waals surface area contributed by atoms with Gasteiger partial charge in [-0.05, 0) is 113 Å². The van der Waals surface area contributed by atoms with Crippen LogP contribution in [0.4, 0.5) is 5.69 Å². The number of rotatable bonds is 27. The van der Waals surface area contributed by atoms with Gasteiger partial charge in [0, 0.05) is 89.0 Å². The molecule has 2 aromatic heterocycles. The van der Waals surface area contributed by atoms with Gasteiger partial charge in [0.05, 0.1) is 78.2 Å². The minimum Gasteiger partial charge on any atom is -0.382 e. The largest absolute Gasteiger partial charge is 0.382 e. The van der Waals surface area contributed by atoms with E-state index in [2.05, 4.69) is 84.9 Å². The Morgan fingerprint density at radius 1 is 0.427 bits per heavy atom. The van der Waals surface area contributed by atoms with Gasteiger partial charge in [-0.2, -0.15) is 0 Å². The van der Waals surface area contributed by atoms with Gasteiger partial charge < -0.3 is 37.9 Å². The highest BCUT2D eigenvalue weighted by Crippen LogP contribution is 2.56. The first-order chi connectivity index (χ1) is 36.8. The van der Waals surface area contributed by atoms with Gasteiger partial charge in [-0.15, -0.1) is 22.7 Å². The highest BCUT2D eigenvalue weighted by molar-refractivity contribution is 7.22. The number of nitro benzene ring substituents is 1. The number of para-hydroxylation sites is 2. The summed E-state index contributed by atoms with van der Waals surface area (Å²) in [6.45, 7) is 6.64. The first-order valence-electron chi connectivity index (χ1n) is 25.5. The summed E-state index contributed by atoms with van der Waals surface area (Å²) >= 11 is 3.41. The highest BCUT2D eigenvalue weighted by atomic mass is 32.1. The Morgan fingerprint density at radius 2 is 0.800 bits per heavy atom. The fourth-order valence-electron chi connectivity index (χ4n) is 10.6. The minimum absolute atomic E-state index is 0.0814. The van der Waals surface area contributed by atoms with E-state index in [4.69, 9.17) is 47.9 Å². The first-order valence-corrected chi connectivity index (χ1v) is 27.1. The number of hydrogen-bond donors (Lipinski definition) is 0. The molecular formula is C60H65N3O10S2. The van der Waals surface area contributed by atoms with E-state index in [0.717, 1.165) is 72.0 Å². The van der Waals surface area contributed by atoms with E-state index in [1.807, 2.05) is 30.3 Å². The van der Waals surface area contributed by atoms with E-state index in [-0.39, 0.29) is 16.0 Å². The summed E-state index contributed by atoms with van der Waals surface area (Å²) in [5.41, 5.74) is 13.0. The van der Waals surface area contributed by atoms with Crippen LogP contribution in [0.2, 0.25) is 0 Å². The molecule has 0 bridgehead atoms. The van der Waals surface area contributed by atoms with Crippen molar-refractivity contribution in [1.82, 2.24) is 9.97 Å². The Bertz CT molecular complexity index is 3080. The van der Waals surface area contributed by atoms with E-state index in [1.54, 1.807) is 63.2 Å². The lowest BCUT2D eigenvalue weighted by atomic mass is 9.73. The molecule has 2 heterocycles. The fourth-order valence-corrected chi connectivity index (χ4v) is 12.5. The molecule has 0 spiro atoms. The van der Waals surface area contributed by atoms with Crippen LogP contribution in [-0.4, -0.2) is 123 Å². The average Bonchev–Trinajstić information content (AvgIpc) is 4.21. The predicted octanol–water partition coefficient (Wildman–Crippen LogP) is 12.6. The summed E-state index contributed by atoms with van der Waals surface area (Å²) < 4.78 is 46.9. The van der Waals surface area contributed by atoms with Gasteiger partial charge in [0.25, 0.3) is 5.69 Å². The van der Waals surface area contributed by atoms with Crippen LogP contribution in [0.25, 0.3) is 63.8 Å². The van der Waals surface area contributed by atoms with Crippen molar-refractivity contribution in [2.24, 2.45) is 0 Å². The van der Waals surface area contributed by atoms with Crippen LogP contribution in [0, 0.1) is 10.1 Å². The van der Waals surface area contributed by atoms with E-state index in [0.29, 0.717) is 92.1 Å². The van der Waals surface area contributed by atoms with E-state index >= 15 is 0 Å². The maximum absolute atomic E-state index is 11.8. The second-order valence-corrected chi connectivity index (χ2v) is 20.7. The molecule has 0 atom stereocenters. The number of non-ortho nitro benzene ring substituents is 1. The second-order valence-electron chi connectivity index (χ2n) is 18.6. The lowest BCUT2D eigenvalue weighted by molar-refractivity contribution is -0.384. The highest BCUT2D eigenvalue weighted by Gasteiger charge is 2.45. The van der Waals surface area contributed by atoms with Gasteiger partial charge in [0.1, 0.15) is 10.0 Å². The molecule has 8 aromatic rings. The summed E-state index contributed by atoms with van der Waals surface area (Å²) in [6.07, 6.45) is 3.04. The lowest BCUT2D eigenvalue weighted by Crippen LogP contribution is -2.30. The van der Waals surface area contributed by atoms with Gasteiger partial charge in [-0.1, -0.05) is 72.8 Å². The number of nitro groups is 1. The third-order valence-corrected chi connectivity index (χ3v) is 16.5. The van der Waals surface area contributed by atoms with Crippen LogP contribution >= 0.6 is 22.7 Å². The zero-order valence-corrected chi connectivity index (χ0v) is 44.8. The van der Waals surface area contributed by atoms with Crippen LogP contribution in [0.1, 0.15) is 47.9 Å².